The molecule has 0 aromatic heterocycles. The maximum Gasteiger partial charge on any atom is 0.393 e. The number of alkyl halides is 3. The van der Waals surface area contributed by atoms with Gasteiger partial charge in [0.05, 0.1) is 13.5 Å². The molecule has 0 aliphatic heterocycles. The van der Waals surface area contributed by atoms with Gasteiger partial charge in [0, 0.05) is 10.0 Å². The molecule has 0 amide bonds. The molecular weight excluding hydrogens is 261 g/mol. The molecule has 0 saturated carbocycles. The number of halogens is 4. The third kappa shape index (κ3) is 3.21. The van der Waals surface area contributed by atoms with Crippen LogP contribution >= 0.6 is 15.9 Å². The Balaban J connectivity index is 2.99. The fourth-order valence-corrected chi connectivity index (χ4v) is 1.51. The van der Waals surface area contributed by atoms with Crippen molar-refractivity contribution in [3.05, 3.63) is 28.2 Å². The average molecular weight is 269 g/mol. The smallest absolute Gasteiger partial charge is 0.393 e. The van der Waals surface area contributed by atoms with Gasteiger partial charge in [0.1, 0.15) is 5.75 Å². The molecule has 0 bridgehead atoms. The summed E-state index contributed by atoms with van der Waals surface area (Å²) in [6.07, 6.45) is -5.19. The summed E-state index contributed by atoms with van der Waals surface area (Å²) in [5, 5.41) is 0. The molecule has 0 atom stereocenters. The molecule has 14 heavy (non-hydrogen) atoms. The van der Waals surface area contributed by atoms with Gasteiger partial charge in [-0.25, -0.2) is 0 Å². The summed E-state index contributed by atoms with van der Waals surface area (Å²) in [5.41, 5.74) is 0.134. The third-order valence-electron chi connectivity index (χ3n) is 1.63. The highest BCUT2D eigenvalue weighted by Gasteiger charge is 2.29. The molecule has 1 aromatic rings. The van der Waals surface area contributed by atoms with E-state index in [0.29, 0.717) is 4.47 Å². The van der Waals surface area contributed by atoms with Gasteiger partial charge >= 0.3 is 6.18 Å². The summed E-state index contributed by atoms with van der Waals surface area (Å²) < 4.78 is 41.8. The van der Waals surface area contributed by atoms with E-state index in [2.05, 4.69) is 15.9 Å². The van der Waals surface area contributed by atoms with Crippen molar-refractivity contribution >= 4 is 15.9 Å². The summed E-state index contributed by atoms with van der Waals surface area (Å²) in [6.45, 7) is 0. The van der Waals surface area contributed by atoms with Crippen LogP contribution in [0.2, 0.25) is 0 Å². The minimum atomic E-state index is -4.21. The molecule has 0 radical (unpaired) electrons. The van der Waals surface area contributed by atoms with E-state index >= 15 is 0 Å². The zero-order valence-electron chi connectivity index (χ0n) is 7.36. The van der Waals surface area contributed by atoms with Crippen LogP contribution in [0.4, 0.5) is 13.2 Å². The number of benzene rings is 1. The Hall–Kier alpha value is -0.710. The molecule has 0 unspecified atom stereocenters. The van der Waals surface area contributed by atoms with Crippen LogP contribution in [0, 0.1) is 0 Å². The lowest BCUT2D eigenvalue weighted by atomic mass is 10.1. The minimum absolute atomic E-state index is 0.134. The lowest BCUT2D eigenvalue weighted by molar-refractivity contribution is -0.127. The Morgan fingerprint density at radius 2 is 2.00 bits per heavy atom. The first-order chi connectivity index (χ1) is 6.42. The molecule has 0 N–H and O–H groups in total. The highest BCUT2D eigenvalue weighted by atomic mass is 79.9. The second-order valence-corrected chi connectivity index (χ2v) is 3.66. The Kier molecular flexibility index (Phi) is 3.42. The molecule has 5 heteroatoms. The predicted molar refractivity (Wildman–Crippen MR) is 50.5 cm³/mol. The van der Waals surface area contributed by atoms with Crippen LogP contribution in [0.1, 0.15) is 5.56 Å². The first kappa shape index (κ1) is 11.4. The molecule has 0 saturated heterocycles. The van der Waals surface area contributed by atoms with E-state index in [1.165, 1.54) is 19.2 Å². The van der Waals surface area contributed by atoms with Crippen molar-refractivity contribution in [1.29, 1.82) is 0 Å². The Bertz CT molecular complexity index is 322. The number of hydrogen-bond donors (Lipinski definition) is 0. The third-order valence-corrected chi connectivity index (χ3v) is 2.13. The number of hydrogen-bond acceptors (Lipinski definition) is 1. The van der Waals surface area contributed by atoms with Gasteiger partial charge < -0.3 is 4.74 Å². The Morgan fingerprint density at radius 1 is 1.36 bits per heavy atom. The monoisotopic (exact) mass is 268 g/mol. The summed E-state index contributed by atoms with van der Waals surface area (Å²) >= 11 is 3.11. The van der Waals surface area contributed by atoms with Crippen molar-refractivity contribution in [3.63, 3.8) is 0 Å². The van der Waals surface area contributed by atoms with Gasteiger partial charge in [-0.1, -0.05) is 15.9 Å². The van der Waals surface area contributed by atoms with E-state index in [4.69, 9.17) is 4.74 Å². The highest BCUT2D eigenvalue weighted by Crippen LogP contribution is 2.29. The van der Waals surface area contributed by atoms with Gasteiger partial charge in [-0.05, 0) is 18.2 Å². The van der Waals surface area contributed by atoms with Crippen molar-refractivity contribution in [1.82, 2.24) is 0 Å². The van der Waals surface area contributed by atoms with Crippen LogP contribution in [-0.4, -0.2) is 13.3 Å². The molecule has 0 fully saturated rings. The second kappa shape index (κ2) is 4.21. The molecule has 0 spiro atoms. The van der Waals surface area contributed by atoms with Gasteiger partial charge in [0.15, 0.2) is 0 Å². The van der Waals surface area contributed by atoms with Crippen LogP contribution in [0.3, 0.4) is 0 Å². The van der Waals surface area contributed by atoms with Crippen LogP contribution in [0.25, 0.3) is 0 Å². The molecule has 1 nitrogen and oxygen atoms in total. The normalized spacial score (nSPS) is 11.5. The summed E-state index contributed by atoms with van der Waals surface area (Å²) in [5.74, 6) is 0.255. The molecule has 1 aromatic carbocycles. The van der Waals surface area contributed by atoms with Gasteiger partial charge in [0.2, 0.25) is 0 Å². The quantitative estimate of drug-likeness (QED) is 0.797. The van der Waals surface area contributed by atoms with Crippen LogP contribution in [0.5, 0.6) is 5.75 Å². The second-order valence-electron chi connectivity index (χ2n) is 2.75. The lowest BCUT2D eigenvalue weighted by Crippen LogP contribution is -2.12. The number of methoxy groups -OCH3 is 1. The topological polar surface area (TPSA) is 9.23 Å². The van der Waals surface area contributed by atoms with Crippen LogP contribution in [-0.2, 0) is 6.42 Å². The fourth-order valence-electron chi connectivity index (χ4n) is 1.10. The number of ether oxygens (including phenoxy) is 1. The van der Waals surface area contributed by atoms with Crippen LogP contribution in [0.15, 0.2) is 22.7 Å². The molecular formula is C9H8BrF3O. The van der Waals surface area contributed by atoms with Crippen molar-refractivity contribution in [2.45, 2.75) is 12.6 Å². The maximum absolute atomic E-state index is 12.1. The zero-order chi connectivity index (χ0) is 10.8. The standard InChI is InChI=1S/C9H8BrF3O/c1-14-8-3-2-7(10)4-6(8)5-9(11,12)13/h2-4H,5H2,1H3. The van der Waals surface area contributed by atoms with Crippen molar-refractivity contribution in [2.24, 2.45) is 0 Å². The van der Waals surface area contributed by atoms with Gasteiger partial charge in [-0.2, -0.15) is 13.2 Å². The maximum atomic E-state index is 12.1. The van der Waals surface area contributed by atoms with Crippen molar-refractivity contribution < 1.29 is 17.9 Å². The van der Waals surface area contributed by atoms with Gasteiger partial charge in [-0.3, -0.25) is 0 Å². The van der Waals surface area contributed by atoms with Gasteiger partial charge in [0.25, 0.3) is 0 Å². The molecule has 0 aliphatic carbocycles. The lowest BCUT2D eigenvalue weighted by Gasteiger charge is -2.10. The summed E-state index contributed by atoms with van der Waals surface area (Å²) in [6, 6.07) is 4.55. The van der Waals surface area contributed by atoms with E-state index in [-0.39, 0.29) is 11.3 Å². The predicted octanol–water partition coefficient (Wildman–Crippen LogP) is 3.56. The molecule has 78 valence electrons. The van der Waals surface area contributed by atoms with Crippen molar-refractivity contribution in [3.8, 4) is 5.75 Å². The van der Waals surface area contributed by atoms with E-state index in [9.17, 15) is 13.2 Å². The Morgan fingerprint density at radius 3 is 2.50 bits per heavy atom. The SMILES string of the molecule is COc1ccc(Br)cc1CC(F)(F)F. The largest absolute Gasteiger partial charge is 0.496 e. The minimum Gasteiger partial charge on any atom is -0.496 e. The van der Waals surface area contributed by atoms with Crippen LogP contribution < -0.4 is 4.74 Å². The summed E-state index contributed by atoms with van der Waals surface area (Å²) in [7, 11) is 1.35. The van der Waals surface area contributed by atoms with E-state index in [1.54, 1.807) is 6.07 Å². The van der Waals surface area contributed by atoms with Crippen molar-refractivity contribution in [2.75, 3.05) is 7.11 Å². The molecule has 0 aliphatic rings. The van der Waals surface area contributed by atoms with E-state index in [0.717, 1.165) is 0 Å². The number of rotatable bonds is 2. The molecule has 0 heterocycles. The Labute approximate surface area is 88.0 Å². The fraction of sp³-hybridized carbons (Fsp3) is 0.333. The highest BCUT2D eigenvalue weighted by molar-refractivity contribution is 9.10. The van der Waals surface area contributed by atoms with Gasteiger partial charge in [-0.15, -0.1) is 0 Å². The van der Waals surface area contributed by atoms with E-state index < -0.39 is 12.6 Å². The first-order valence-electron chi connectivity index (χ1n) is 3.81. The zero-order valence-corrected chi connectivity index (χ0v) is 8.95. The van der Waals surface area contributed by atoms with E-state index in [1.807, 2.05) is 0 Å². The molecule has 1 rings (SSSR count). The summed E-state index contributed by atoms with van der Waals surface area (Å²) in [4.78, 5) is 0. The first-order valence-corrected chi connectivity index (χ1v) is 4.61. The average Bonchev–Trinajstić information content (AvgIpc) is 2.01.